The summed E-state index contributed by atoms with van der Waals surface area (Å²) in [5.41, 5.74) is 0.516. The summed E-state index contributed by atoms with van der Waals surface area (Å²) in [6.45, 7) is 6.73. The van der Waals surface area contributed by atoms with Crippen molar-refractivity contribution in [3.8, 4) is 0 Å². The van der Waals surface area contributed by atoms with Crippen molar-refractivity contribution in [2.75, 3.05) is 26.2 Å². The van der Waals surface area contributed by atoms with Gasteiger partial charge in [0.2, 0.25) is 5.89 Å². The normalized spacial score (nSPS) is 17.0. The Bertz CT molecular complexity index is 693. The Morgan fingerprint density at radius 1 is 1.25 bits per heavy atom. The molecule has 1 amide bonds. The average molecular weight is 332 g/mol. The lowest BCUT2D eigenvalue weighted by atomic mass is 10.1. The zero-order chi connectivity index (χ0) is 17.1. The van der Waals surface area contributed by atoms with Crippen LogP contribution < -0.4 is 0 Å². The van der Waals surface area contributed by atoms with Gasteiger partial charge in [-0.2, -0.15) is 4.98 Å². The molecule has 0 spiro atoms. The first-order chi connectivity index (χ1) is 11.6. The maximum Gasteiger partial charge on any atom is 0.253 e. The zero-order valence-corrected chi connectivity index (χ0v) is 13.9. The molecule has 0 bridgehead atoms. The van der Waals surface area contributed by atoms with E-state index in [2.05, 4.69) is 15.0 Å². The fourth-order valence-electron chi connectivity index (χ4n) is 2.82. The minimum absolute atomic E-state index is 0.0286. The molecular weight excluding hydrogens is 311 g/mol. The predicted octanol–water partition coefficient (Wildman–Crippen LogP) is 2.29. The molecule has 1 unspecified atom stereocenters. The van der Waals surface area contributed by atoms with Crippen molar-refractivity contribution in [2.45, 2.75) is 26.3 Å². The highest BCUT2D eigenvalue weighted by Gasteiger charge is 2.27. The number of carbonyl (C=O) groups excluding carboxylic acids is 1. The molecule has 0 aliphatic carbocycles. The Kier molecular flexibility index (Phi) is 4.89. The third-order valence-corrected chi connectivity index (χ3v) is 4.40. The molecule has 1 aromatic heterocycles. The van der Waals surface area contributed by atoms with Crippen LogP contribution in [-0.4, -0.2) is 52.0 Å². The molecule has 6 nitrogen and oxygen atoms in total. The Hall–Kier alpha value is -2.28. The van der Waals surface area contributed by atoms with Crippen LogP contribution in [0.5, 0.6) is 0 Å². The number of halogens is 1. The second-order valence-corrected chi connectivity index (χ2v) is 5.91. The number of aromatic nitrogens is 2. The minimum Gasteiger partial charge on any atom is -0.338 e. The minimum atomic E-state index is -0.337. The van der Waals surface area contributed by atoms with E-state index in [1.807, 2.05) is 13.8 Å². The number of amides is 1. The average Bonchev–Trinajstić information content (AvgIpc) is 3.10. The standard InChI is InChI=1S/C17H21FN4O2/c1-3-15-19-16(24-20-15)12(2)21-8-10-22(11-9-21)17(23)13-4-6-14(18)7-5-13/h4-7,12H,3,8-11H2,1-2H3. The third kappa shape index (κ3) is 3.46. The number of nitrogens with zero attached hydrogens (tertiary/aromatic N) is 4. The molecule has 1 saturated heterocycles. The highest BCUT2D eigenvalue weighted by Crippen LogP contribution is 2.21. The Labute approximate surface area is 140 Å². The highest BCUT2D eigenvalue weighted by molar-refractivity contribution is 5.94. The maximum absolute atomic E-state index is 13.0. The largest absolute Gasteiger partial charge is 0.338 e. The summed E-state index contributed by atoms with van der Waals surface area (Å²) in [5.74, 6) is 0.927. The second-order valence-electron chi connectivity index (χ2n) is 5.91. The van der Waals surface area contributed by atoms with Crippen molar-refractivity contribution in [3.05, 3.63) is 47.4 Å². The van der Waals surface area contributed by atoms with Crippen LogP contribution in [0.25, 0.3) is 0 Å². The van der Waals surface area contributed by atoms with Gasteiger partial charge in [-0.1, -0.05) is 12.1 Å². The first kappa shape index (κ1) is 16.6. The predicted molar refractivity (Wildman–Crippen MR) is 86.0 cm³/mol. The summed E-state index contributed by atoms with van der Waals surface area (Å²) in [7, 11) is 0. The van der Waals surface area contributed by atoms with Crippen molar-refractivity contribution in [3.63, 3.8) is 0 Å². The fraction of sp³-hybridized carbons (Fsp3) is 0.471. The van der Waals surface area contributed by atoms with Gasteiger partial charge in [-0.25, -0.2) is 4.39 Å². The number of rotatable bonds is 4. The van der Waals surface area contributed by atoms with Gasteiger partial charge in [0.25, 0.3) is 5.91 Å². The second kappa shape index (κ2) is 7.09. The summed E-state index contributed by atoms with van der Waals surface area (Å²) < 4.78 is 18.3. The van der Waals surface area contributed by atoms with Crippen LogP contribution >= 0.6 is 0 Å². The molecule has 1 atom stereocenters. The molecule has 2 heterocycles. The summed E-state index contributed by atoms with van der Waals surface area (Å²) in [4.78, 5) is 20.8. The number of carbonyl (C=O) groups is 1. The zero-order valence-electron chi connectivity index (χ0n) is 13.9. The van der Waals surface area contributed by atoms with Gasteiger partial charge in [0.05, 0.1) is 6.04 Å². The van der Waals surface area contributed by atoms with Gasteiger partial charge in [0.15, 0.2) is 5.82 Å². The Morgan fingerprint density at radius 2 is 1.92 bits per heavy atom. The highest BCUT2D eigenvalue weighted by atomic mass is 19.1. The van der Waals surface area contributed by atoms with Gasteiger partial charge in [-0.05, 0) is 31.2 Å². The number of piperazine rings is 1. The van der Waals surface area contributed by atoms with Crippen LogP contribution in [0.2, 0.25) is 0 Å². The molecule has 0 N–H and O–H groups in total. The van der Waals surface area contributed by atoms with Gasteiger partial charge in [-0.3, -0.25) is 9.69 Å². The van der Waals surface area contributed by atoms with E-state index in [-0.39, 0.29) is 17.8 Å². The van der Waals surface area contributed by atoms with Gasteiger partial charge in [-0.15, -0.1) is 0 Å². The molecule has 3 rings (SSSR count). The number of benzene rings is 1. The molecule has 7 heteroatoms. The smallest absolute Gasteiger partial charge is 0.253 e. The SMILES string of the molecule is CCc1noc(C(C)N2CCN(C(=O)c3ccc(F)cc3)CC2)n1. The number of hydrogen-bond donors (Lipinski definition) is 0. The van der Waals surface area contributed by atoms with Crippen molar-refractivity contribution < 1.29 is 13.7 Å². The maximum atomic E-state index is 13.0. The number of aryl methyl sites for hydroxylation is 1. The van der Waals surface area contributed by atoms with Crippen molar-refractivity contribution >= 4 is 5.91 Å². The molecule has 1 aliphatic rings. The van der Waals surface area contributed by atoms with E-state index < -0.39 is 0 Å². The van der Waals surface area contributed by atoms with E-state index in [9.17, 15) is 9.18 Å². The molecule has 0 saturated carbocycles. The lowest BCUT2D eigenvalue weighted by Gasteiger charge is -2.36. The molecule has 1 aromatic carbocycles. The first-order valence-corrected chi connectivity index (χ1v) is 8.20. The van der Waals surface area contributed by atoms with Crippen LogP contribution in [-0.2, 0) is 6.42 Å². The van der Waals surface area contributed by atoms with Crippen molar-refractivity contribution in [1.82, 2.24) is 19.9 Å². The van der Waals surface area contributed by atoms with E-state index >= 15 is 0 Å². The number of hydrogen-bond acceptors (Lipinski definition) is 5. The quantitative estimate of drug-likeness (QED) is 0.860. The van der Waals surface area contributed by atoms with Crippen molar-refractivity contribution in [2.24, 2.45) is 0 Å². The Morgan fingerprint density at radius 3 is 2.50 bits per heavy atom. The monoisotopic (exact) mass is 332 g/mol. The van der Waals surface area contributed by atoms with E-state index in [1.54, 1.807) is 4.90 Å². The van der Waals surface area contributed by atoms with E-state index in [4.69, 9.17) is 4.52 Å². The van der Waals surface area contributed by atoms with Gasteiger partial charge >= 0.3 is 0 Å². The topological polar surface area (TPSA) is 62.5 Å². The Balaban J connectivity index is 1.58. The lowest BCUT2D eigenvalue weighted by Crippen LogP contribution is -2.49. The molecule has 24 heavy (non-hydrogen) atoms. The molecule has 1 fully saturated rings. The molecule has 128 valence electrons. The van der Waals surface area contributed by atoms with Gasteiger partial charge in [0.1, 0.15) is 5.82 Å². The van der Waals surface area contributed by atoms with E-state index in [0.29, 0.717) is 30.4 Å². The fourth-order valence-corrected chi connectivity index (χ4v) is 2.82. The summed E-state index contributed by atoms with van der Waals surface area (Å²) >= 11 is 0. The van der Waals surface area contributed by atoms with Crippen LogP contribution in [0.3, 0.4) is 0 Å². The summed E-state index contributed by atoms with van der Waals surface area (Å²) in [6, 6.07) is 5.70. The lowest BCUT2D eigenvalue weighted by molar-refractivity contribution is 0.0551. The van der Waals surface area contributed by atoms with E-state index in [1.165, 1.54) is 24.3 Å². The van der Waals surface area contributed by atoms with Crippen LogP contribution in [0.1, 0.15) is 42.0 Å². The molecular formula is C17H21FN4O2. The summed E-state index contributed by atoms with van der Waals surface area (Å²) in [5, 5.41) is 3.93. The summed E-state index contributed by atoms with van der Waals surface area (Å²) in [6.07, 6.45) is 0.746. The molecule has 1 aliphatic heterocycles. The van der Waals surface area contributed by atoms with Crippen LogP contribution in [0.15, 0.2) is 28.8 Å². The third-order valence-electron chi connectivity index (χ3n) is 4.40. The van der Waals surface area contributed by atoms with Gasteiger partial charge in [0, 0.05) is 38.2 Å². The van der Waals surface area contributed by atoms with E-state index in [0.717, 1.165) is 19.5 Å². The van der Waals surface area contributed by atoms with Crippen LogP contribution in [0, 0.1) is 5.82 Å². The molecule has 0 radical (unpaired) electrons. The van der Waals surface area contributed by atoms with Crippen molar-refractivity contribution in [1.29, 1.82) is 0 Å². The van der Waals surface area contributed by atoms with Crippen LogP contribution in [0.4, 0.5) is 4.39 Å². The first-order valence-electron chi connectivity index (χ1n) is 8.20. The van der Waals surface area contributed by atoms with Gasteiger partial charge < -0.3 is 9.42 Å². The molecule has 2 aromatic rings.